The Morgan fingerprint density at radius 3 is 2.86 bits per heavy atom. The predicted octanol–water partition coefficient (Wildman–Crippen LogP) is -1.09. The summed E-state index contributed by atoms with van der Waals surface area (Å²) in [5.74, 6) is -0.286. The van der Waals surface area contributed by atoms with Crippen LogP contribution in [0.2, 0.25) is 0 Å². The normalized spacial score (nSPS) is 21.5. The molecule has 14 heavy (non-hydrogen) atoms. The van der Waals surface area contributed by atoms with Gasteiger partial charge in [-0.15, -0.1) is 0 Å². The Hall–Kier alpha value is -0.650. The van der Waals surface area contributed by atoms with Crippen LogP contribution in [-0.4, -0.2) is 49.7 Å². The Morgan fingerprint density at radius 2 is 2.21 bits per heavy atom. The van der Waals surface area contributed by atoms with Gasteiger partial charge in [-0.05, 0) is 6.42 Å². The number of nitrogens with two attached hydrogens (primary N) is 2. The molecule has 1 aliphatic rings. The van der Waals surface area contributed by atoms with E-state index in [0.29, 0.717) is 13.0 Å². The molecule has 0 saturated carbocycles. The van der Waals surface area contributed by atoms with Gasteiger partial charge in [-0.25, -0.2) is 0 Å². The molecule has 1 fully saturated rings. The lowest BCUT2D eigenvalue weighted by atomic mass is 10.1. The van der Waals surface area contributed by atoms with Crippen molar-refractivity contribution in [2.24, 2.45) is 11.5 Å². The molecule has 0 aromatic heterocycles. The molecule has 5 nitrogen and oxygen atoms in total. The van der Waals surface area contributed by atoms with E-state index in [1.54, 1.807) is 0 Å². The van der Waals surface area contributed by atoms with Gasteiger partial charge in [0.2, 0.25) is 5.91 Å². The number of hydrogen-bond acceptors (Lipinski definition) is 4. The minimum Gasteiger partial charge on any atom is -0.380 e. The van der Waals surface area contributed by atoms with Crippen LogP contribution in [0, 0.1) is 0 Å². The summed E-state index contributed by atoms with van der Waals surface area (Å²) in [5.41, 5.74) is 10.8. The lowest BCUT2D eigenvalue weighted by Crippen LogP contribution is -2.44. The van der Waals surface area contributed by atoms with E-state index in [2.05, 4.69) is 4.90 Å². The van der Waals surface area contributed by atoms with E-state index < -0.39 is 0 Å². The first-order valence-corrected chi connectivity index (χ1v) is 5.04. The summed E-state index contributed by atoms with van der Waals surface area (Å²) in [6.45, 7) is 3.77. The Morgan fingerprint density at radius 1 is 1.43 bits per heavy atom. The number of nitrogens with zero attached hydrogens (tertiary/aromatic N) is 1. The van der Waals surface area contributed by atoms with Crippen molar-refractivity contribution in [2.45, 2.75) is 18.9 Å². The number of ether oxygens (including phenoxy) is 1. The maximum Gasteiger partial charge on any atom is 0.219 e. The maximum absolute atomic E-state index is 10.8. The van der Waals surface area contributed by atoms with Crippen LogP contribution in [0.25, 0.3) is 0 Å². The van der Waals surface area contributed by atoms with E-state index in [4.69, 9.17) is 16.2 Å². The third kappa shape index (κ3) is 3.61. The molecular formula is C9H19N3O2. The van der Waals surface area contributed by atoms with Gasteiger partial charge in [0.1, 0.15) is 0 Å². The molecule has 4 N–H and O–H groups in total. The van der Waals surface area contributed by atoms with Crippen LogP contribution in [0.15, 0.2) is 0 Å². The van der Waals surface area contributed by atoms with Crippen molar-refractivity contribution >= 4 is 5.91 Å². The van der Waals surface area contributed by atoms with Gasteiger partial charge in [-0.2, -0.15) is 0 Å². The highest BCUT2D eigenvalue weighted by Gasteiger charge is 2.20. The van der Waals surface area contributed by atoms with E-state index in [1.165, 1.54) is 0 Å². The van der Waals surface area contributed by atoms with Crippen molar-refractivity contribution < 1.29 is 9.53 Å². The standard InChI is InChI=1S/C9H19N3O2/c10-7-8(6-9(11)13)12-2-1-4-14-5-3-12/h8H,1-7,10H2,(H2,11,13). The number of carbonyl (C=O) groups is 1. The van der Waals surface area contributed by atoms with E-state index in [-0.39, 0.29) is 11.9 Å². The minimum absolute atomic E-state index is 0.0780. The van der Waals surface area contributed by atoms with E-state index >= 15 is 0 Å². The lowest BCUT2D eigenvalue weighted by Gasteiger charge is -2.28. The van der Waals surface area contributed by atoms with E-state index in [1.807, 2.05) is 0 Å². The van der Waals surface area contributed by atoms with Crippen LogP contribution >= 0.6 is 0 Å². The highest BCUT2D eigenvalue weighted by atomic mass is 16.5. The van der Waals surface area contributed by atoms with Crippen LogP contribution < -0.4 is 11.5 Å². The van der Waals surface area contributed by atoms with Gasteiger partial charge in [-0.1, -0.05) is 0 Å². The van der Waals surface area contributed by atoms with Gasteiger partial charge in [-0.3, -0.25) is 9.69 Å². The summed E-state index contributed by atoms with van der Waals surface area (Å²) in [7, 11) is 0. The first kappa shape index (κ1) is 11.4. The molecule has 1 amide bonds. The van der Waals surface area contributed by atoms with Gasteiger partial charge in [0.05, 0.1) is 6.61 Å². The molecule has 1 atom stereocenters. The zero-order valence-electron chi connectivity index (χ0n) is 8.45. The van der Waals surface area contributed by atoms with Crippen LogP contribution in [0.4, 0.5) is 0 Å². The number of primary amides is 1. The second-order valence-electron chi connectivity index (χ2n) is 3.56. The largest absolute Gasteiger partial charge is 0.380 e. The molecule has 1 aliphatic heterocycles. The van der Waals surface area contributed by atoms with Crippen molar-refractivity contribution in [3.63, 3.8) is 0 Å². The summed E-state index contributed by atoms with van der Waals surface area (Å²) >= 11 is 0. The third-order valence-electron chi connectivity index (χ3n) is 2.48. The Balaban J connectivity index is 2.44. The topological polar surface area (TPSA) is 81.6 Å². The Bertz CT molecular complexity index is 179. The zero-order chi connectivity index (χ0) is 10.4. The lowest BCUT2D eigenvalue weighted by molar-refractivity contribution is -0.119. The second kappa shape index (κ2) is 5.95. The van der Waals surface area contributed by atoms with Gasteiger partial charge in [0.25, 0.3) is 0 Å². The Kier molecular flexibility index (Phi) is 4.86. The highest BCUT2D eigenvalue weighted by Crippen LogP contribution is 2.07. The molecule has 0 bridgehead atoms. The minimum atomic E-state index is -0.286. The molecule has 1 saturated heterocycles. The number of rotatable bonds is 4. The monoisotopic (exact) mass is 201 g/mol. The molecule has 0 aromatic carbocycles. The van der Waals surface area contributed by atoms with Crippen molar-refractivity contribution in [3.05, 3.63) is 0 Å². The molecule has 0 radical (unpaired) electrons. The molecule has 5 heteroatoms. The molecule has 1 rings (SSSR count). The van der Waals surface area contributed by atoms with Crippen LogP contribution in [0.3, 0.4) is 0 Å². The second-order valence-corrected chi connectivity index (χ2v) is 3.56. The quantitative estimate of drug-likeness (QED) is 0.605. The molecule has 0 aromatic rings. The maximum atomic E-state index is 10.8. The third-order valence-corrected chi connectivity index (χ3v) is 2.48. The molecule has 0 spiro atoms. The van der Waals surface area contributed by atoms with Crippen molar-refractivity contribution in [1.82, 2.24) is 4.90 Å². The van der Waals surface area contributed by atoms with Crippen molar-refractivity contribution in [2.75, 3.05) is 32.8 Å². The summed E-state index contributed by atoms with van der Waals surface area (Å²) in [6.07, 6.45) is 1.34. The fraction of sp³-hybridized carbons (Fsp3) is 0.889. The zero-order valence-corrected chi connectivity index (χ0v) is 8.45. The predicted molar refractivity (Wildman–Crippen MR) is 53.7 cm³/mol. The number of amides is 1. The molecular weight excluding hydrogens is 182 g/mol. The molecule has 1 unspecified atom stereocenters. The van der Waals surface area contributed by atoms with Gasteiger partial charge < -0.3 is 16.2 Å². The summed E-state index contributed by atoms with van der Waals surface area (Å²) < 4.78 is 5.33. The molecule has 0 aliphatic carbocycles. The molecule has 82 valence electrons. The summed E-state index contributed by atoms with van der Waals surface area (Å²) in [6, 6.07) is 0.0780. The average Bonchev–Trinajstić information content (AvgIpc) is 2.41. The van der Waals surface area contributed by atoms with Crippen molar-refractivity contribution in [3.8, 4) is 0 Å². The van der Waals surface area contributed by atoms with Gasteiger partial charge >= 0.3 is 0 Å². The SMILES string of the molecule is NCC(CC(N)=O)N1CCCOCC1. The van der Waals surface area contributed by atoms with Crippen LogP contribution in [0.1, 0.15) is 12.8 Å². The first-order chi connectivity index (χ1) is 6.74. The molecule has 1 heterocycles. The first-order valence-electron chi connectivity index (χ1n) is 5.04. The van der Waals surface area contributed by atoms with Crippen LogP contribution in [0.5, 0.6) is 0 Å². The number of carbonyl (C=O) groups excluding carboxylic acids is 1. The van der Waals surface area contributed by atoms with Crippen molar-refractivity contribution in [1.29, 1.82) is 0 Å². The van der Waals surface area contributed by atoms with Gasteiger partial charge in [0, 0.05) is 38.7 Å². The summed E-state index contributed by atoms with van der Waals surface area (Å²) in [4.78, 5) is 13.0. The Labute approximate surface area is 84.4 Å². The highest BCUT2D eigenvalue weighted by molar-refractivity contribution is 5.74. The average molecular weight is 201 g/mol. The van der Waals surface area contributed by atoms with E-state index in [0.717, 1.165) is 32.7 Å². The van der Waals surface area contributed by atoms with E-state index in [9.17, 15) is 4.79 Å². The fourth-order valence-corrected chi connectivity index (χ4v) is 1.72. The smallest absolute Gasteiger partial charge is 0.219 e. The summed E-state index contributed by atoms with van der Waals surface area (Å²) in [5, 5.41) is 0. The number of hydrogen-bond donors (Lipinski definition) is 2. The van der Waals surface area contributed by atoms with Crippen LogP contribution in [-0.2, 0) is 9.53 Å². The van der Waals surface area contributed by atoms with Gasteiger partial charge in [0.15, 0.2) is 0 Å². The fourth-order valence-electron chi connectivity index (χ4n) is 1.72.